The molecule has 3 rings (SSSR count). The van der Waals surface area contributed by atoms with Crippen LogP contribution in [0.4, 0.5) is 0 Å². The lowest BCUT2D eigenvalue weighted by molar-refractivity contribution is 0.0694. The van der Waals surface area contributed by atoms with Crippen molar-refractivity contribution in [3.8, 4) is 5.69 Å². The van der Waals surface area contributed by atoms with E-state index < -0.39 is 5.97 Å². The van der Waals surface area contributed by atoms with Gasteiger partial charge in [0, 0.05) is 5.02 Å². The van der Waals surface area contributed by atoms with E-state index in [9.17, 15) is 9.90 Å². The molecule has 0 unspecified atom stereocenters. The lowest BCUT2D eigenvalue weighted by Gasteiger charge is -2.11. The van der Waals surface area contributed by atoms with E-state index >= 15 is 0 Å². The SMILES string of the molecule is CC(C)c1c(C(=O)O)c(CCc2ccccc2)nn1-c1cccc(Cl)c1. The summed E-state index contributed by atoms with van der Waals surface area (Å²) >= 11 is 6.12. The predicted octanol–water partition coefficient (Wildman–Crippen LogP) is 5.13. The minimum absolute atomic E-state index is 0.0121. The zero-order chi connectivity index (χ0) is 18.7. The predicted molar refractivity (Wildman–Crippen MR) is 103 cm³/mol. The van der Waals surface area contributed by atoms with Crippen LogP contribution in [0.3, 0.4) is 0 Å². The molecule has 4 nitrogen and oxygen atoms in total. The first-order valence-electron chi connectivity index (χ1n) is 8.62. The molecule has 2 aromatic carbocycles. The van der Waals surface area contributed by atoms with Crippen LogP contribution in [0.5, 0.6) is 0 Å². The third-order valence-corrected chi connectivity index (χ3v) is 4.54. The Labute approximate surface area is 158 Å². The first kappa shape index (κ1) is 18.2. The van der Waals surface area contributed by atoms with Crippen molar-refractivity contribution in [1.29, 1.82) is 0 Å². The van der Waals surface area contributed by atoms with Crippen LogP contribution in [0.15, 0.2) is 54.6 Å². The number of benzene rings is 2. The van der Waals surface area contributed by atoms with Gasteiger partial charge in [0.2, 0.25) is 0 Å². The van der Waals surface area contributed by atoms with Crippen LogP contribution in [0.25, 0.3) is 5.69 Å². The van der Waals surface area contributed by atoms with E-state index in [4.69, 9.17) is 11.6 Å². The van der Waals surface area contributed by atoms with Crippen molar-refractivity contribution in [2.45, 2.75) is 32.6 Å². The molecule has 1 aromatic heterocycles. The summed E-state index contributed by atoms with van der Waals surface area (Å²) in [4.78, 5) is 12.0. The van der Waals surface area contributed by atoms with E-state index in [1.54, 1.807) is 16.8 Å². The number of nitrogens with zero attached hydrogens (tertiary/aromatic N) is 2. The molecule has 0 amide bonds. The third-order valence-electron chi connectivity index (χ3n) is 4.30. The fourth-order valence-corrected chi connectivity index (χ4v) is 3.32. The summed E-state index contributed by atoms with van der Waals surface area (Å²) in [5, 5.41) is 15.1. The highest BCUT2D eigenvalue weighted by atomic mass is 35.5. The molecule has 0 atom stereocenters. The Morgan fingerprint density at radius 1 is 1.12 bits per heavy atom. The number of aromatic carboxylic acids is 1. The van der Waals surface area contributed by atoms with E-state index in [1.807, 2.05) is 56.3 Å². The van der Waals surface area contributed by atoms with E-state index in [-0.39, 0.29) is 5.92 Å². The molecular formula is C21H21ClN2O2. The molecule has 0 radical (unpaired) electrons. The molecule has 3 aromatic rings. The van der Waals surface area contributed by atoms with Crippen molar-refractivity contribution >= 4 is 17.6 Å². The maximum absolute atomic E-state index is 12.0. The van der Waals surface area contributed by atoms with Crippen LogP contribution in [0.2, 0.25) is 5.02 Å². The molecule has 0 aliphatic rings. The maximum Gasteiger partial charge on any atom is 0.339 e. The third kappa shape index (κ3) is 3.81. The molecule has 1 N–H and O–H groups in total. The lowest BCUT2D eigenvalue weighted by Crippen LogP contribution is -2.08. The second-order valence-electron chi connectivity index (χ2n) is 6.54. The van der Waals surface area contributed by atoms with E-state index in [0.717, 1.165) is 17.7 Å². The quantitative estimate of drug-likeness (QED) is 0.656. The summed E-state index contributed by atoms with van der Waals surface area (Å²) in [6, 6.07) is 17.3. The summed E-state index contributed by atoms with van der Waals surface area (Å²) < 4.78 is 1.72. The van der Waals surface area contributed by atoms with Gasteiger partial charge in [0.15, 0.2) is 0 Å². The Morgan fingerprint density at radius 3 is 2.46 bits per heavy atom. The van der Waals surface area contributed by atoms with Gasteiger partial charge in [-0.05, 0) is 42.5 Å². The van der Waals surface area contributed by atoms with Gasteiger partial charge in [-0.1, -0.05) is 61.8 Å². The maximum atomic E-state index is 12.0. The van der Waals surface area contributed by atoms with Gasteiger partial charge in [0.05, 0.1) is 17.1 Å². The molecule has 26 heavy (non-hydrogen) atoms. The number of hydrogen-bond donors (Lipinski definition) is 1. The minimum Gasteiger partial charge on any atom is -0.478 e. The molecular weight excluding hydrogens is 348 g/mol. The molecule has 0 bridgehead atoms. The van der Waals surface area contributed by atoms with Crippen LogP contribution in [0, 0.1) is 0 Å². The van der Waals surface area contributed by atoms with Gasteiger partial charge in [-0.25, -0.2) is 9.48 Å². The Balaban J connectivity index is 2.06. The number of aryl methyl sites for hydroxylation is 2. The molecule has 0 saturated carbocycles. The first-order valence-corrected chi connectivity index (χ1v) is 9.00. The summed E-state index contributed by atoms with van der Waals surface area (Å²) in [5.74, 6) is -0.928. The highest BCUT2D eigenvalue weighted by Gasteiger charge is 2.25. The first-order chi connectivity index (χ1) is 12.5. The zero-order valence-corrected chi connectivity index (χ0v) is 15.6. The van der Waals surface area contributed by atoms with Crippen molar-refractivity contribution in [2.24, 2.45) is 0 Å². The molecule has 0 spiro atoms. The topological polar surface area (TPSA) is 55.1 Å². The van der Waals surface area contributed by atoms with Gasteiger partial charge in [-0.2, -0.15) is 5.10 Å². The second kappa shape index (κ2) is 7.75. The smallest absolute Gasteiger partial charge is 0.339 e. The Morgan fingerprint density at radius 2 is 1.85 bits per heavy atom. The van der Waals surface area contributed by atoms with E-state index in [0.29, 0.717) is 28.4 Å². The van der Waals surface area contributed by atoms with Gasteiger partial charge >= 0.3 is 5.97 Å². The molecule has 1 heterocycles. The molecule has 0 aliphatic heterocycles. The number of hydrogen-bond acceptors (Lipinski definition) is 2. The summed E-state index contributed by atoms with van der Waals surface area (Å²) in [7, 11) is 0. The normalized spacial score (nSPS) is 11.1. The largest absolute Gasteiger partial charge is 0.478 e. The number of carboxylic acid groups (broad SMARTS) is 1. The number of aromatic nitrogens is 2. The van der Waals surface area contributed by atoms with Crippen molar-refractivity contribution in [2.75, 3.05) is 0 Å². The Bertz CT molecular complexity index is 917. The monoisotopic (exact) mass is 368 g/mol. The molecule has 0 saturated heterocycles. The van der Waals surface area contributed by atoms with Crippen LogP contribution in [-0.2, 0) is 12.8 Å². The molecule has 5 heteroatoms. The van der Waals surface area contributed by atoms with Crippen molar-refractivity contribution in [3.05, 3.63) is 82.1 Å². The van der Waals surface area contributed by atoms with Crippen molar-refractivity contribution in [3.63, 3.8) is 0 Å². The molecule has 134 valence electrons. The number of carboxylic acids is 1. The zero-order valence-electron chi connectivity index (χ0n) is 14.8. The highest BCUT2D eigenvalue weighted by molar-refractivity contribution is 6.30. The van der Waals surface area contributed by atoms with Gasteiger partial charge in [-0.15, -0.1) is 0 Å². The number of rotatable bonds is 6. The molecule has 0 aliphatic carbocycles. The fraction of sp³-hybridized carbons (Fsp3) is 0.238. The van der Waals surface area contributed by atoms with Gasteiger partial charge in [0.1, 0.15) is 5.56 Å². The number of carbonyl (C=O) groups is 1. The van der Waals surface area contributed by atoms with E-state index in [1.165, 1.54) is 0 Å². The summed E-state index contributed by atoms with van der Waals surface area (Å²) in [5.41, 5.74) is 3.53. The minimum atomic E-state index is -0.940. The fourth-order valence-electron chi connectivity index (χ4n) is 3.13. The van der Waals surface area contributed by atoms with Crippen molar-refractivity contribution in [1.82, 2.24) is 9.78 Å². The molecule has 0 fully saturated rings. The standard InChI is InChI=1S/C21H21ClN2O2/c1-14(2)20-19(21(25)26)18(12-11-15-7-4-3-5-8-15)23-24(20)17-10-6-9-16(22)13-17/h3-10,13-14H,11-12H2,1-2H3,(H,25,26). The lowest BCUT2D eigenvalue weighted by atomic mass is 10.00. The van der Waals surface area contributed by atoms with Gasteiger partial charge in [0.25, 0.3) is 0 Å². The summed E-state index contributed by atoms with van der Waals surface area (Å²) in [6.07, 6.45) is 1.31. The Kier molecular flexibility index (Phi) is 5.43. The highest BCUT2D eigenvalue weighted by Crippen LogP contribution is 2.28. The van der Waals surface area contributed by atoms with Crippen LogP contribution in [0.1, 0.15) is 47.1 Å². The van der Waals surface area contributed by atoms with Crippen LogP contribution >= 0.6 is 11.6 Å². The van der Waals surface area contributed by atoms with Crippen LogP contribution in [-0.4, -0.2) is 20.9 Å². The van der Waals surface area contributed by atoms with Gasteiger partial charge < -0.3 is 5.11 Å². The second-order valence-corrected chi connectivity index (χ2v) is 6.98. The van der Waals surface area contributed by atoms with Gasteiger partial charge in [-0.3, -0.25) is 0 Å². The average Bonchev–Trinajstić information content (AvgIpc) is 3.01. The summed E-state index contributed by atoms with van der Waals surface area (Å²) in [6.45, 7) is 3.96. The Hall–Kier alpha value is -2.59. The van der Waals surface area contributed by atoms with E-state index in [2.05, 4.69) is 5.10 Å². The van der Waals surface area contributed by atoms with Crippen molar-refractivity contribution < 1.29 is 9.90 Å². The number of halogens is 1. The average molecular weight is 369 g/mol. The van der Waals surface area contributed by atoms with Crippen LogP contribution < -0.4 is 0 Å².